The fourth-order valence-corrected chi connectivity index (χ4v) is 2.71. The monoisotopic (exact) mass is 347 g/mol. The van der Waals surface area contributed by atoms with Crippen molar-refractivity contribution in [3.05, 3.63) is 95.8 Å². The Morgan fingerprint density at radius 2 is 1.73 bits per heavy atom. The number of benzene rings is 2. The molecule has 0 aliphatic rings. The van der Waals surface area contributed by atoms with Crippen molar-refractivity contribution in [2.75, 3.05) is 7.11 Å². The molecule has 3 aromatic rings. The predicted octanol–water partition coefficient (Wildman–Crippen LogP) is 3.68. The maximum atomic E-state index is 12.5. The Morgan fingerprint density at radius 1 is 1.00 bits per heavy atom. The molecular formula is C21H21N3O2. The van der Waals surface area contributed by atoms with E-state index in [1.807, 2.05) is 66.7 Å². The Kier molecular flexibility index (Phi) is 5.83. The van der Waals surface area contributed by atoms with Crippen LogP contribution >= 0.6 is 0 Å². The zero-order valence-electron chi connectivity index (χ0n) is 14.6. The molecule has 2 amide bonds. The highest BCUT2D eigenvalue weighted by Gasteiger charge is 2.16. The van der Waals surface area contributed by atoms with Gasteiger partial charge in [-0.25, -0.2) is 4.79 Å². The standard InChI is InChI=1S/C21H21N3O2/c1-26-19-9-5-6-16(14-19)15-23-21(25)24-20(17-7-3-2-4-8-17)18-10-12-22-13-11-18/h2-14,20H,15H2,1H3,(H2,23,24,25). The van der Waals surface area contributed by atoms with Crippen LogP contribution in [0, 0.1) is 0 Å². The van der Waals surface area contributed by atoms with Crippen LogP contribution in [0.1, 0.15) is 22.7 Å². The van der Waals surface area contributed by atoms with Crippen LogP contribution < -0.4 is 15.4 Å². The number of hydrogen-bond acceptors (Lipinski definition) is 3. The first kappa shape index (κ1) is 17.5. The van der Waals surface area contributed by atoms with Crippen LogP contribution in [-0.2, 0) is 6.54 Å². The molecular weight excluding hydrogens is 326 g/mol. The third-order valence-electron chi connectivity index (χ3n) is 4.03. The Hall–Kier alpha value is -3.34. The van der Waals surface area contributed by atoms with Gasteiger partial charge in [0.2, 0.25) is 0 Å². The van der Waals surface area contributed by atoms with Crippen molar-refractivity contribution in [1.29, 1.82) is 0 Å². The van der Waals surface area contributed by atoms with Gasteiger partial charge in [-0.2, -0.15) is 0 Å². The van der Waals surface area contributed by atoms with Gasteiger partial charge in [0.1, 0.15) is 5.75 Å². The number of hydrogen-bond donors (Lipinski definition) is 2. The molecule has 1 unspecified atom stereocenters. The van der Waals surface area contributed by atoms with Crippen molar-refractivity contribution in [3.8, 4) is 5.75 Å². The van der Waals surface area contributed by atoms with E-state index in [0.717, 1.165) is 22.4 Å². The summed E-state index contributed by atoms with van der Waals surface area (Å²) in [6.45, 7) is 0.418. The van der Waals surface area contributed by atoms with Crippen LogP contribution in [0.25, 0.3) is 0 Å². The molecule has 0 aliphatic heterocycles. The number of rotatable bonds is 6. The van der Waals surface area contributed by atoms with E-state index in [1.54, 1.807) is 19.5 Å². The molecule has 2 aromatic carbocycles. The molecule has 0 spiro atoms. The summed E-state index contributed by atoms with van der Waals surface area (Å²) >= 11 is 0. The molecule has 5 nitrogen and oxygen atoms in total. The number of urea groups is 1. The van der Waals surface area contributed by atoms with Crippen LogP contribution in [-0.4, -0.2) is 18.1 Å². The molecule has 0 radical (unpaired) electrons. The van der Waals surface area contributed by atoms with E-state index < -0.39 is 0 Å². The highest BCUT2D eigenvalue weighted by molar-refractivity contribution is 5.75. The highest BCUT2D eigenvalue weighted by atomic mass is 16.5. The number of ether oxygens (including phenoxy) is 1. The summed E-state index contributed by atoms with van der Waals surface area (Å²) in [6, 6.07) is 20.8. The molecule has 0 fully saturated rings. The Morgan fingerprint density at radius 3 is 2.46 bits per heavy atom. The van der Waals surface area contributed by atoms with Crippen LogP contribution in [0.2, 0.25) is 0 Å². The van der Waals surface area contributed by atoms with Gasteiger partial charge in [-0.15, -0.1) is 0 Å². The zero-order chi connectivity index (χ0) is 18.2. The summed E-state index contributed by atoms with van der Waals surface area (Å²) in [7, 11) is 1.62. The fraction of sp³-hybridized carbons (Fsp3) is 0.143. The largest absolute Gasteiger partial charge is 0.497 e. The first-order chi connectivity index (χ1) is 12.8. The number of carbonyl (C=O) groups excluding carboxylic acids is 1. The molecule has 132 valence electrons. The lowest BCUT2D eigenvalue weighted by Crippen LogP contribution is -2.38. The third kappa shape index (κ3) is 4.60. The van der Waals surface area contributed by atoms with Gasteiger partial charge in [0.25, 0.3) is 0 Å². The summed E-state index contributed by atoms with van der Waals surface area (Å²) in [5, 5.41) is 5.94. The number of nitrogens with one attached hydrogen (secondary N) is 2. The van der Waals surface area contributed by atoms with E-state index in [4.69, 9.17) is 4.74 Å². The molecule has 0 saturated heterocycles. The average molecular weight is 347 g/mol. The van der Waals surface area contributed by atoms with Crippen molar-refractivity contribution in [1.82, 2.24) is 15.6 Å². The van der Waals surface area contributed by atoms with Gasteiger partial charge in [-0.1, -0.05) is 42.5 Å². The number of pyridine rings is 1. The SMILES string of the molecule is COc1cccc(CNC(=O)NC(c2ccccc2)c2ccncc2)c1. The second-order valence-corrected chi connectivity index (χ2v) is 5.80. The maximum absolute atomic E-state index is 12.5. The van der Waals surface area contributed by atoms with Crippen molar-refractivity contribution in [2.24, 2.45) is 0 Å². The maximum Gasteiger partial charge on any atom is 0.315 e. The molecule has 1 atom stereocenters. The van der Waals surface area contributed by atoms with Crippen molar-refractivity contribution in [3.63, 3.8) is 0 Å². The summed E-state index contributed by atoms with van der Waals surface area (Å²) < 4.78 is 5.21. The van der Waals surface area contributed by atoms with Gasteiger partial charge in [0, 0.05) is 18.9 Å². The molecule has 1 aromatic heterocycles. The Balaban J connectivity index is 1.69. The molecule has 1 heterocycles. The summed E-state index contributed by atoms with van der Waals surface area (Å²) in [6.07, 6.45) is 3.45. The van der Waals surface area contributed by atoms with Gasteiger partial charge >= 0.3 is 6.03 Å². The summed E-state index contributed by atoms with van der Waals surface area (Å²) in [5.74, 6) is 0.767. The minimum absolute atomic E-state index is 0.238. The summed E-state index contributed by atoms with van der Waals surface area (Å²) in [4.78, 5) is 16.5. The quantitative estimate of drug-likeness (QED) is 0.715. The van der Waals surface area contributed by atoms with Crippen molar-refractivity contribution >= 4 is 6.03 Å². The third-order valence-corrected chi connectivity index (χ3v) is 4.03. The normalized spacial score (nSPS) is 11.4. The predicted molar refractivity (Wildman–Crippen MR) is 101 cm³/mol. The molecule has 2 N–H and O–H groups in total. The van der Waals surface area contributed by atoms with E-state index in [2.05, 4.69) is 15.6 Å². The Labute approximate surface area is 153 Å². The smallest absolute Gasteiger partial charge is 0.315 e. The van der Waals surface area contributed by atoms with E-state index in [9.17, 15) is 4.79 Å². The van der Waals surface area contributed by atoms with Crippen LogP contribution in [0.15, 0.2) is 79.1 Å². The Bertz CT molecular complexity index is 799. The molecule has 0 saturated carbocycles. The average Bonchev–Trinajstić information content (AvgIpc) is 2.72. The molecule has 0 bridgehead atoms. The lowest BCUT2D eigenvalue weighted by atomic mass is 10.00. The fourth-order valence-electron chi connectivity index (χ4n) is 2.71. The van der Waals surface area contributed by atoms with Gasteiger partial charge in [-0.3, -0.25) is 4.98 Å². The van der Waals surface area contributed by atoms with Gasteiger partial charge < -0.3 is 15.4 Å². The second kappa shape index (κ2) is 8.67. The lowest BCUT2D eigenvalue weighted by Gasteiger charge is -2.20. The van der Waals surface area contributed by atoms with Crippen LogP contribution in [0.3, 0.4) is 0 Å². The minimum atomic E-state index is -0.246. The number of amides is 2. The number of methoxy groups -OCH3 is 1. The lowest BCUT2D eigenvalue weighted by molar-refractivity contribution is 0.238. The highest BCUT2D eigenvalue weighted by Crippen LogP contribution is 2.21. The minimum Gasteiger partial charge on any atom is -0.497 e. The number of nitrogens with zero attached hydrogens (tertiary/aromatic N) is 1. The number of carbonyl (C=O) groups is 1. The molecule has 3 rings (SSSR count). The van der Waals surface area contributed by atoms with Gasteiger partial charge in [0.05, 0.1) is 13.2 Å². The van der Waals surface area contributed by atoms with Gasteiger partial charge in [0.15, 0.2) is 0 Å². The van der Waals surface area contributed by atoms with Crippen molar-refractivity contribution < 1.29 is 9.53 Å². The zero-order valence-corrected chi connectivity index (χ0v) is 14.6. The van der Waals surface area contributed by atoms with E-state index in [0.29, 0.717) is 6.54 Å². The van der Waals surface area contributed by atoms with Crippen molar-refractivity contribution in [2.45, 2.75) is 12.6 Å². The first-order valence-electron chi connectivity index (χ1n) is 8.38. The van der Waals surface area contributed by atoms with Crippen LogP contribution in [0.5, 0.6) is 5.75 Å². The molecule has 5 heteroatoms. The second-order valence-electron chi connectivity index (χ2n) is 5.80. The first-order valence-corrected chi connectivity index (χ1v) is 8.38. The van der Waals surface area contributed by atoms with Gasteiger partial charge in [-0.05, 0) is 41.0 Å². The summed E-state index contributed by atoms with van der Waals surface area (Å²) in [5.41, 5.74) is 2.96. The topological polar surface area (TPSA) is 63.2 Å². The van der Waals surface area contributed by atoms with E-state index in [-0.39, 0.29) is 12.1 Å². The van der Waals surface area contributed by atoms with E-state index in [1.165, 1.54) is 0 Å². The van der Waals surface area contributed by atoms with E-state index >= 15 is 0 Å². The number of aromatic nitrogens is 1. The van der Waals surface area contributed by atoms with Crippen LogP contribution in [0.4, 0.5) is 4.79 Å². The molecule has 0 aliphatic carbocycles. The molecule has 26 heavy (non-hydrogen) atoms.